The third kappa shape index (κ3) is 5.72. The first-order valence-corrected chi connectivity index (χ1v) is 12.5. The first-order valence-electron chi connectivity index (χ1n) is 12.5. The molecule has 0 aromatic heterocycles. The van der Waals surface area contributed by atoms with Gasteiger partial charge in [0.25, 0.3) is 0 Å². The van der Waals surface area contributed by atoms with Gasteiger partial charge in [-0.05, 0) is 93.6 Å². The lowest BCUT2D eigenvalue weighted by Gasteiger charge is -2.44. The van der Waals surface area contributed by atoms with E-state index in [1.165, 1.54) is 32.1 Å². The summed E-state index contributed by atoms with van der Waals surface area (Å²) < 4.78 is 0. The van der Waals surface area contributed by atoms with E-state index in [0.29, 0.717) is 30.1 Å². The Labute approximate surface area is 190 Å². The lowest BCUT2D eigenvalue weighted by Crippen LogP contribution is -2.37. The molecule has 0 bridgehead atoms. The van der Waals surface area contributed by atoms with Crippen LogP contribution in [0.25, 0.3) is 0 Å². The fraction of sp³-hybridized carbons (Fsp3) is 0.786. The Morgan fingerprint density at radius 2 is 1.94 bits per heavy atom. The molecule has 0 saturated heterocycles. The van der Waals surface area contributed by atoms with Crippen LogP contribution in [0.15, 0.2) is 35.5 Å². The van der Waals surface area contributed by atoms with Crippen LogP contribution >= 0.6 is 0 Å². The highest BCUT2D eigenvalue weighted by Gasteiger charge is 2.50. The summed E-state index contributed by atoms with van der Waals surface area (Å²) in [6.07, 6.45) is 14.2. The van der Waals surface area contributed by atoms with Gasteiger partial charge >= 0.3 is 0 Å². The predicted molar refractivity (Wildman–Crippen MR) is 129 cm³/mol. The number of hydrogen-bond donors (Lipinski definition) is 3. The Morgan fingerprint density at radius 3 is 2.61 bits per heavy atom. The summed E-state index contributed by atoms with van der Waals surface area (Å²) >= 11 is 0. The van der Waals surface area contributed by atoms with Crippen molar-refractivity contribution in [2.45, 2.75) is 116 Å². The van der Waals surface area contributed by atoms with Crippen LogP contribution in [-0.4, -0.2) is 32.6 Å². The average molecular weight is 431 g/mol. The molecular weight excluding hydrogens is 384 g/mol. The first kappa shape index (κ1) is 24.7. The van der Waals surface area contributed by atoms with Crippen molar-refractivity contribution >= 4 is 0 Å². The van der Waals surface area contributed by atoms with Crippen LogP contribution in [0.5, 0.6) is 0 Å². The minimum atomic E-state index is -0.858. The van der Waals surface area contributed by atoms with Gasteiger partial charge in [-0.25, -0.2) is 0 Å². The third-order valence-corrected chi connectivity index (χ3v) is 8.69. The van der Waals surface area contributed by atoms with Crippen LogP contribution in [0.3, 0.4) is 0 Å². The molecule has 3 saturated carbocycles. The second-order valence-corrected chi connectivity index (χ2v) is 12.1. The molecule has 3 rings (SSSR count). The Kier molecular flexibility index (Phi) is 7.30. The van der Waals surface area contributed by atoms with Gasteiger partial charge in [0.2, 0.25) is 0 Å². The lowest BCUT2D eigenvalue weighted by atomic mass is 9.60. The molecule has 31 heavy (non-hydrogen) atoms. The van der Waals surface area contributed by atoms with E-state index in [9.17, 15) is 15.3 Å². The molecule has 6 atom stereocenters. The molecule has 2 unspecified atom stereocenters. The fourth-order valence-corrected chi connectivity index (χ4v) is 7.00. The van der Waals surface area contributed by atoms with Gasteiger partial charge < -0.3 is 15.3 Å². The molecule has 3 nitrogen and oxygen atoms in total. The minimum Gasteiger partial charge on any atom is -0.390 e. The van der Waals surface area contributed by atoms with Gasteiger partial charge in [0.1, 0.15) is 0 Å². The number of hydrogen-bond acceptors (Lipinski definition) is 3. The minimum absolute atomic E-state index is 0.366. The lowest BCUT2D eigenvalue weighted by molar-refractivity contribution is 0.00361. The molecule has 0 amide bonds. The van der Waals surface area contributed by atoms with Crippen molar-refractivity contribution in [3.8, 4) is 0 Å². The summed E-state index contributed by atoms with van der Waals surface area (Å²) in [5.41, 5.74) is 2.27. The normalized spacial score (nSPS) is 40.4. The van der Waals surface area contributed by atoms with Gasteiger partial charge in [-0.3, -0.25) is 0 Å². The second kappa shape index (κ2) is 9.15. The van der Waals surface area contributed by atoms with E-state index in [-0.39, 0.29) is 0 Å². The van der Waals surface area contributed by atoms with Crippen molar-refractivity contribution in [3.05, 3.63) is 35.5 Å². The van der Waals surface area contributed by atoms with Crippen molar-refractivity contribution < 1.29 is 15.3 Å². The summed E-state index contributed by atoms with van der Waals surface area (Å²) in [7, 11) is 0. The maximum Gasteiger partial charge on any atom is 0.0814 e. The van der Waals surface area contributed by atoms with Crippen molar-refractivity contribution in [1.29, 1.82) is 0 Å². The molecule has 3 heteroatoms. The first-order chi connectivity index (χ1) is 14.3. The number of allylic oxidation sites excluding steroid dienone is 3. The Hall–Kier alpha value is -0.900. The van der Waals surface area contributed by atoms with Gasteiger partial charge in [-0.2, -0.15) is 0 Å². The molecule has 176 valence electrons. The zero-order valence-electron chi connectivity index (χ0n) is 20.6. The molecule has 3 aliphatic carbocycles. The highest BCUT2D eigenvalue weighted by Crippen LogP contribution is 2.60. The van der Waals surface area contributed by atoms with Gasteiger partial charge in [-0.1, -0.05) is 51.0 Å². The molecule has 3 N–H and O–H groups in total. The van der Waals surface area contributed by atoms with E-state index in [0.717, 1.165) is 36.3 Å². The molecule has 0 aromatic carbocycles. The highest BCUT2D eigenvalue weighted by molar-refractivity contribution is 5.39. The number of rotatable bonds is 6. The Morgan fingerprint density at radius 1 is 1.23 bits per heavy atom. The number of aliphatic hydroxyl groups excluding tert-OH is 1. The Balaban J connectivity index is 1.72. The largest absolute Gasteiger partial charge is 0.390 e. The zero-order valence-corrected chi connectivity index (χ0v) is 20.6. The number of fused-ring (bicyclic) bond motifs is 1. The van der Waals surface area contributed by atoms with Crippen LogP contribution < -0.4 is 0 Å². The molecule has 0 aliphatic heterocycles. The van der Waals surface area contributed by atoms with Crippen LogP contribution in [0.4, 0.5) is 0 Å². The van der Waals surface area contributed by atoms with Crippen LogP contribution in [-0.2, 0) is 0 Å². The van der Waals surface area contributed by atoms with Crippen LogP contribution in [0.2, 0.25) is 0 Å². The van der Waals surface area contributed by atoms with Crippen molar-refractivity contribution in [1.82, 2.24) is 0 Å². The smallest absolute Gasteiger partial charge is 0.0814 e. The second-order valence-electron chi connectivity index (χ2n) is 12.1. The van der Waals surface area contributed by atoms with Gasteiger partial charge in [0, 0.05) is 12.8 Å². The molecule has 3 fully saturated rings. The monoisotopic (exact) mass is 430 g/mol. The van der Waals surface area contributed by atoms with Crippen LogP contribution in [0, 0.1) is 23.2 Å². The van der Waals surface area contributed by atoms with E-state index >= 15 is 0 Å². The van der Waals surface area contributed by atoms with E-state index in [1.807, 2.05) is 20.8 Å². The van der Waals surface area contributed by atoms with E-state index in [2.05, 4.69) is 32.6 Å². The van der Waals surface area contributed by atoms with Gasteiger partial charge in [0.05, 0.1) is 17.3 Å². The van der Waals surface area contributed by atoms with Gasteiger partial charge in [0.15, 0.2) is 0 Å². The third-order valence-electron chi connectivity index (χ3n) is 8.69. The standard InChI is InChI=1S/C28H46O3/c1-19(9-7-15-26(3,4)30)23-13-14-24-21(10-8-16-28(23,24)6)11-12-22-17-27(5,31)18-25(29)20(22)2/h11-12,19,23-25,29-31H,2,7-10,13-18H2,1,3-6H3/b21-11+,22-12-/t19-,23?,24?,25+,27-,28+/m0/s1. The van der Waals surface area contributed by atoms with Crippen molar-refractivity contribution in [2.24, 2.45) is 23.2 Å². The summed E-state index contributed by atoms with van der Waals surface area (Å²) in [4.78, 5) is 0. The number of aliphatic hydroxyl groups is 3. The molecular formula is C28H46O3. The maximum atomic E-state index is 10.5. The zero-order chi connectivity index (χ0) is 23.0. The Bertz CT molecular complexity index is 723. The summed E-state index contributed by atoms with van der Waals surface area (Å²) in [5.74, 6) is 2.09. The van der Waals surface area contributed by atoms with E-state index in [1.54, 1.807) is 5.57 Å². The van der Waals surface area contributed by atoms with Crippen molar-refractivity contribution in [3.63, 3.8) is 0 Å². The quantitative estimate of drug-likeness (QED) is 0.477. The molecule has 3 aliphatic rings. The molecule has 0 heterocycles. The predicted octanol–water partition coefficient (Wildman–Crippen LogP) is 6.09. The van der Waals surface area contributed by atoms with Crippen LogP contribution in [0.1, 0.15) is 98.8 Å². The highest BCUT2D eigenvalue weighted by atomic mass is 16.3. The molecule has 0 radical (unpaired) electrons. The van der Waals surface area contributed by atoms with E-state index < -0.39 is 17.3 Å². The van der Waals surface area contributed by atoms with E-state index in [4.69, 9.17) is 0 Å². The summed E-state index contributed by atoms with van der Waals surface area (Å²) in [6, 6.07) is 0. The summed E-state index contributed by atoms with van der Waals surface area (Å²) in [5, 5.41) is 30.8. The molecule has 0 spiro atoms. The summed E-state index contributed by atoms with van der Waals surface area (Å²) in [6.45, 7) is 14.7. The van der Waals surface area contributed by atoms with Crippen molar-refractivity contribution in [2.75, 3.05) is 0 Å². The molecule has 0 aromatic rings. The average Bonchev–Trinajstić information content (AvgIpc) is 2.99. The van der Waals surface area contributed by atoms with Gasteiger partial charge in [-0.15, -0.1) is 0 Å². The maximum absolute atomic E-state index is 10.5. The fourth-order valence-electron chi connectivity index (χ4n) is 7.00. The topological polar surface area (TPSA) is 60.7 Å². The SMILES string of the molecule is C=C1/C(=C\C=C2/CCC[C@@]3(C)C2CCC3[C@@H](C)CCCC(C)(C)O)C[C@](C)(O)C[C@H]1O.